The highest BCUT2D eigenvalue weighted by Gasteiger charge is 2.27. The molecule has 0 bridgehead atoms. The quantitative estimate of drug-likeness (QED) is 0.820. The Hall–Kier alpha value is -1.30. The van der Waals surface area contributed by atoms with Crippen molar-refractivity contribution in [2.75, 3.05) is 0 Å². The number of ether oxygens (including phenoxy) is 2. The van der Waals surface area contributed by atoms with E-state index in [4.69, 9.17) is 9.47 Å². The molecule has 0 aliphatic rings. The van der Waals surface area contributed by atoms with Crippen LogP contribution in [0.3, 0.4) is 0 Å². The first kappa shape index (κ1) is 17.7. The number of carboxylic acid groups (broad SMARTS) is 1. The summed E-state index contributed by atoms with van der Waals surface area (Å²) in [5, 5.41) is 13.3. The molecule has 112 valence electrons. The van der Waals surface area contributed by atoms with Gasteiger partial charge < -0.3 is 24.7 Å². The van der Waals surface area contributed by atoms with Crippen LogP contribution in [0.15, 0.2) is 0 Å². The molecule has 0 spiro atoms. The third-order valence-electron chi connectivity index (χ3n) is 1.94. The predicted octanol–water partition coefficient (Wildman–Crippen LogP) is 0.833. The fourth-order valence-electron chi connectivity index (χ4n) is 1.43. The molecule has 0 aliphatic heterocycles. The molecular formula is C13H24NO5-. The van der Waals surface area contributed by atoms with Gasteiger partial charge in [0.2, 0.25) is 0 Å². The van der Waals surface area contributed by atoms with E-state index < -0.39 is 35.4 Å². The summed E-state index contributed by atoms with van der Waals surface area (Å²) in [5.41, 5.74) is -1.22. The van der Waals surface area contributed by atoms with E-state index in [1.54, 1.807) is 48.5 Å². The van der Waals surface area contributed by atoms with E-state index >= 15 is 0 Å². The molecule has 6 heteroatoms. The van der Waals surface area contributed by atoms with Crippen molar-refractivity contribution in [2.24, 2.45) is 0 Å². The third kappa shape index (κ3) is 8.42. The first-order chi connectivity index (χ1) is 8.32. The SMILES string of the molecule is C[C@H](OC(C)(C)C)[C@H](NC(=O)OC(C)(C)C)C(=O)[O-]. The Morgan fingerprint density at radius 1 is 1.05 bits per heavy atom. The maximum atomic E-state index is 11.6. The van der Waals surface area contributed by atoms with E-state index in [2.05, 4.69) is 5.32 Å². The van der Waals surface area contributed by atoms with Crippen molar-refractivity contribution >= 4 is 12.1 Å². The number of carbonyl (C=O) groups excluding carboxylic acids is 2. The molecule has 0 aromatic rings. The van der Waals surface area contributed by atoms with Crippen LogP contribution < -0.4 is 10.4 Å². The summed E-state index contributed by atoms with van der Waals surface area (Å²) in [7, 11) is 0. The molecule has 0 aromatic heterocycles. The van der Waals surface area contributed by atoms with Crippen LogP contribution in [-0.2, 0) is 14.3 Å². The maximum Gasteiger partial charge on any atom is 0.408 e. The summed E-state index contributed by atoms with van der Waals surface area (Å²) < 4.78 is 10.5. The molecule has 1 amide bonds. The van der Waals surface area contributed by atoms with Gasteiger partial charge in [0.25, 0.3) is 0 Å². The van der Waals surface area contributed by atoms with Crippen LogP contribution in [-0.4, -0.2) is 35.4 Å². The van der Waals surface area contributed by atoms with Crippen molar-refractivity contribution in [1.29, 1.82) is 0 Å². The standard InChI is InChI=1S/C13H25NO5/c1-8(18-12(2,3)4)9(10(15)16)14-11(17)19-13(5,6)7/h8-9H,1-7H3,(H,14,17)(H,15,16)/p-1/t8-,9-/m0/s1. The molecule has 6 nitrogen and oxygen atoms in total. The molecule has 1 N–H and O–H groups in total. The van der Waals surface area contributed by atoms with Gasteiger partial charge in [-0.3, -0.25) is 0 Å². The van der Waals surface area contributed by atoms with Gasteiger partial charge in [0.15, 0.2) is 0 Å². The smallest absolute Gasteiger partial charge is 0.408 e. The van der Waals surface area contributed by atoms with Gasteiger partial charge in [-0.1, -0.05) is 0 Å². The lowest BCUT2D eigenvalue weighted by Crippen LogP contribution is -2.56. The molecule has 0 radical (unpaired) electrons. The van der Waals surface area contributed by atoms with Gasteiger partial charge in [0.05, 0.1) is 23.7 Å². The van der Waals surface area contributed by atoms with Gasteiger partial charge in [-0.25, -0.2) is 4.79 Å². The van der Waals surface area contributed by atoms with Crippen LogP contribution in [0.4, 0.5) is 4.79 Å². The Balaban J connectivity index is 4.67. The lowest BCUT2D eigenvalue weighted by Gasteiger charge is -2.32. The number of amides is 1. The highest BCUT2D eigenvalue weighted by molar-refractivity contribution is 5.79. The van der Waals surface area contributed by atoms with E-state index in [9.17, 15) is 14.7 Å². The van der Waals surface area contributed by atoms with Crippen LogP contribution in [0.2, 0.25) is 0 Å². The van der Waals surface area contributed by atoms with E-state index in [0.717, 1.165) is 0 Å². The monoisotopic (exact) mass is 274 g/mol. The Labute approximate surface area is 114 Å². The first-order valence-electron chi connectivity index (χ1n) is 6.20. The highest BCUT2D eigenvalue weighted by atomic mass is 16.6. The second-order valence-electron chi connectivity index (χ2n) is 6.38. The number of aliphatic carboxylic acids is 1. The van der Waals surface area contributed by atoms with Gasteiger partial charge in [0.1, 0.15) is 5.60 Å². The van der Waals surface area contributed by atoms with Crippen LogP contribution in [0.1, 0.15) is 48.5 Å². The zero-order valence-corrected chi connectivity index (χ0v) is 12.7. The second-order valence-corrected chi connectivity index (χ2v) is 6.38. The maximum absolute atomic E-state index is 11.6. The van der Waals surface area contributed by atoms with E-state index in [1.807, 2.05) is 0 Å². The van der Waals surface area contributed by atoms with Gasteiger partial charge in [-0.15, -0.1) is 0 Å². The molecule has 0 saturated carbocycles. The number of rotatable bonds is 4. The van der Waals surface area contributed by atoms with E-state index in [-0.39, 0.29) is 0 Å². The number of hydrogen-bond acceptors (Lipinski definition) is 5. The zero-order chi connectivity index (χ0) is 15.4. The zero-order valence-electron chi connectivity index (χ0n) is 12.7. The van der Waals surface area contributed by atoms with Crippen molar-refractivity contribution in [2.45, 2.75) is 71.8 Å². The third-order valence-corrected chi connectivity index (χ3v) is 1.94. The number of nitrogens with one attached hydrogen (secondary N) is 1. The molecule has 0 unspecified atom stereocenters. The normalized spacial score (nSPS) is 15.5. The summed E-state index contributed by atoms with van der Waals surface area (Å²) in [4.78, 5) is 22.6. The molecule has 0 fully saturated rings. The van der Waals surface area contributed by atoms with Gasteiger partial charge >= 0.3 is 6.09 Å². The topological polar surface area (TPSA) is 87.7 Å². The lowest BCUT2D eigenvalue weighted by molar-refractivity contribution is -0.311. The number of carboxylic acids is 1. The highest BCUT2D eigenvalue weighted by Crippen LogP contribution is 2.13. The van der Waals surface area contributed by atoms with Crippen LogP contribution >= 0.6 is 0 Å². The van der Waals surface area contributed by atoms with Crippen LogP contribution in [0.5, 0.6) is 0 Å². The molecule has 0 rings (SSSR count). The number of carbonyl (C=O) groups is 2. The Kier molecular flexibility index (Phi) is 5.81. The lowest BCUT2D eigenvalue weighted by atomic mass is 10.1. The minimum Gasteiger partial charge on any atom is -0.548 e. The Bertz CT molecular complexity index is 327. The predicted molar refractivity (Wildman–Crippen MR) is 68.5 cm³/mol. The fraction of sp³-hybridized carbons (Fsp3) is 0.846. The second kappa shape index (κ2) is 6.23. The summed E-state index contributed by atoms with van der Waals surface area (Å²) in [6.45, 7) is 12.0. The Morgan fingerprint density at radius 2 is 1.53 bits per heavy atom. The average Bonchev–Trinajstić information content (AvgIpc) is 2.07. The molecule has 0 saturated heterocycles. The minimum atomic E-state index is -1.41. The summed E-state index contributed by atoms with van der Waals surface area (Å²) in [6.07, 6.45) is -1.55. The molecule has 2 atom stereocenters. The molecule has 0 aromatic carbocycles. The van der Waals surface area contributed by atoms with Crippen molar-refractivity contribution in [3.63, 3.8) is 0 Å². The van der Waals surface area contributed by atoms with Crippen molar-refractivity contribution < 1.29 is 24.2 Å². The van der Waals surface area contributed by atoms with Crippen molar-refractivity contribution in [1.82, 2.24) is 5.32 Å². The van der Waals surface area contributed by atoms with Gasteiger partial charge in [-0.2, -0.15) is 0 Å². The fourth-order valence-corrected chi connectivity index (χ4v) is 1.43. The van der Waals surface area contributed by atoms with E-state index in [0.29, 0.717) is 0 Å². The first-order valence-corrected chi connectivity index (χ1v) is 6.20. The van der Waals surface area contributed by atoms with Crippen molar-refractivity contribution in [3.05, 3.63) is 0 Å². The summed E-state index contributed by atoms with van der Waals surface area (Å²) in [6, 6.07) is -1.27. The van der Waals surface area contributed by atoms with Crippen LogP contribution in [0.25, 0.3) is 0 Å². The molecule has 0 aliphatic carbocycles. The van der Waals surface area contributed by atoms with E-state index in [1.165, 1.54) is 0 Å². The van der Waals surface area contributed by atoms with Crippen molar-refractivity contribution in [3.8, 4) is 0 Å². The Morgan fingerprint density at radius 3 is 1.84 bits per heavy atom. The molecule has 19 heavy (non-hydrogen) atoms. The molecular weight excluding hydrogens is 250 g/mol. The average molecular weight is 274 g/mol. The minimum absolute atomic E-state index is 0.525. The summed E-state index contributed by atoms with van der Waals surface area (Å²) >= 11 is 0. The largest absolute Gasteiger partial charge is 0.548 e. The number of alkyl carbamates (subject to hydrolysis) is 1. The molecule has 0 heterocycles. The van der Waals surface area contributed by atoms with Gasteiger partial charge in [0, 0.05) is 0 Å². The van der Waals surface area contributed by atoms with Gasteiger partial charge in [-0.05, 0) is 48.5 Å². The van der Waals surface area contributed by atoms with Crippen LogP contribution in [0, 0.1) is 0 Å². The summed E-state index contributed by atoms with van der Waals surface area (Å²) in [5.74, 6) is -1.41. The number of hydrogen-bond donors (Lipinski definition) is 1.